The molecule has 0 aliphatic rings. The Labute approximate surface area is 111 Å². The monoisotopic (exact) mass is 250 g/mol. The number of phenolic OH excluding ortho intramolecular Hbond substituents is 2. The number of benzene rings is 1. The zero-order valence-corrected chi connectivity index (χ0v) is 8.73. The third-order valence-corrected chi connectivity index (χ3v) is 1.68. The summed E-state index contributed by atoms with van der Waals surface area (Å²) in [7, 11) is 0. The summed E-state index contributed by atoms with van der Waals surface area (Å²) in [6.45, 7) is 1.01. The highest BCUT2D eigenvalue weighted by Crippen LogP contribution is 2.28. The van der Waals surface area contributed by atoms with Gasteiger partial charge in [-0.25, -0.2) is 0 Å². The normalized spacial score (nSPS) is 25.0. The number of esters is 1. The predicted octanol–water partition coefficient (Wildman–Crippen LogP) is 0.0216. The molecule has 1 aromatic rings. The number of hydrogen-bond donors (Lipinski definition) is 4. The van der Waals surface area contributed by atoms with Crippen molar-refractivity contribution in [2.75, 3.05) is 6.61 Å². The quantitative estimate of drug-likeness (QED) is 0.401. The van der Waals surface area contributed by atoms with Crippen molar-refractivity contribution in [2.45, 2.75) is 19.0 Å². The van der Waals surface area contributed by atoms with Gasteiger partial charge in [0.1, 0.15) is 14.9 Å². The molecule has 17 heavy (non-hydrogen) atoms. The van der Waals surface area contributed by atoms with Crippen LogP contribution in [0.5, 0.6) is 11.5 Å². The van der Waals surface area contributed by atoms with E-state index in [0.717, 1.165) is 0 Å². The van der Waals surface area contributed by atoms with Crippen molar-refractivity contribution in [1.82, 2.24) is 0 Å². The van der Waals surface area contributed by atoms with E-state index in [2.05, 4.69) is 15.0 Å². The minimum atomic E-state index is -3.64. The number of nitrogens with two attached hydrogens (primary N) is 1. The minimum Gasteiger partial charge on any atom is -0.504 e. The summed E-state index contributed by atoms with van der Waals surface area (Å²) < 4.78 is 72.1. The van der Waals surface area contributed by atoms with Crippen LogP contribution in [0.2, 0.25) is 2.82 Å². The molecule has 0 bridgehead atoms. The van der Waals surface area contributed by atoms with E-state index in [1.807, 2.05) is 0 Å². The lowest BCUT2D eigenvalue weighted by Crippen LogP contribution is -2.38. The van der Waals surface area contributed by atoms with Gasteiger partial charge in [-0.3, -0.25) is 4.79 Å². The van der Waals surface area contributed by atoms with Crippen molar-refractivity contribution in [3.8, 4) is 11.5 Å². The zero-order chi connectivity index (χ0) is 20.4. The van der Waals surface area contributed by atoms with Crippen molar-refractivity contribution in [3.05, 3.63) is 23.7 Å². The first kappa shape index (κ1) is 5.24. The van der Waals surface area contributed by atoms with Crippen LogP contribution in [0, 0.1) is 0 Å². The molecule has 94 valence electrons. The molecule has 0 spiro atoms. The van der Waals surface area contributed by atoms with E-state index in [-0.39, 0.29) is 6.61 Å². The van der Waals surface area contributed by atoms with Crippen LogP contribution < -0.4 is 5.72 Å². The van der Waals surface area contributed by atoms with Crippen molar-refractivity contribution >= 4 is 5.97 Å². The van der Waals surface area contributed by atoms with Crippen molar-refractivity contribution < 1.29 is 34.5 Å². The average Bonchev–Trinajstić information content (AvgIpc) is 2.56. The van der Waals surface area contributed by atoms with Crippen LogP contribution >= 0.6 is 0 Å². The topological polar surface area (TPSA) is 113 Å². The lowest BCUT2D eigenvalue weighted by Gasteiger charge is -2.17. The fraction of sp³-hybridized carbons (Fsp3) is 0.364. The summed E-state index contributed by atoms with van der Waals surface area (Å²) >= 11 is 0. The van der Waals surface area contributed by atoms with Gasteiger partial charge < -0.3 is 25.8 Å². The van der Waals surface area contributed by atoms with Gasteiger partial charge in [-0.15, -0.1) is 0 Å². The number of rotatable bonds is 7. The Balaban J connectivity index is 3.86. The number of carbonyl (C=O) groups is 1. The van der Waals surface area contributed by atoms with E-state index < -0.39 is 59.0 Å². The van der Waals surface area contributed by atoms with Gasteiger partial charge in [0, 0.05) is 0 Å². The molecule has 0 saturated carbocycles. The molecule has 0 unspecified atom stereocenters. The fourth-order valence-electron chi connectivity index (χ4n) is 0.911. The van der Waals surface area contributed by atoms with Gasteiger partial charge in [-0.05, 0) is 24.6 Å². The number of hydrogen-bond acceptors (Lipinski definition) is 6. The Kier molecular flexibility index (Phi) is 1.70. The summed E-state index contributed by atoms with van der Waals surface area (Å²) in [5, 5.41) is 18.6. The van der Waals surface area contributed by atoms with E-state index in [1.54, 1.807) is 0 Å². The Hall–Kier alpha value is -1.79. The maximum atomic E-state index is 12.0. The van der Waals surface area contributed by atoms with E-state index in [0.29, 0.717) is 0 Å². The molecule has 0 saturated heterocycles. The van der Waals surface area contributed by atoms with Gasteiger partial charge in [-0.1, -0.05) is 6.04 Å². The van der Waals surface area contributed by atoms with E-state index in [4.69, 9.17) is 12.5 Å². The van der Waals surface area contributed by atoms with Gasteiger partial charge in [0.2, 0.25) is 0 Å². The molecule has 0 aliphatic carbocycles. The second-order valence-electron chi connectivity index (χ2n) is 2.83. The Morgan fingerprint density at radius 3 is 3.06 bits per heavy atom. The summed E-state index contributed by atoms with van der Waals surface area (Å²) in [6.07, 6.45) is -3.64. The third kappa shape index (κ3) is 3.08. The number of ether oxygens (including phenoxy) is 1. The molecule has 0 fully saturated rings. The summed E-state index contributed by atoms with van der Waals surface area (Å²) in [5.41, 5.74) is -1.82. The van der Waals surface area contributed by atoms with Gasteiger partial charge >= 0.3 is 5.97 Å². The van der Waals surface area contributed by atoms with Crippen molar-refractivity contribution in [3.63, 3.8) is 0 Å². The summed E-state index contributed by atoms with van der Waals surface area (Å²) in [6, 6.07) is -6.67. The molecular weight excluding hydrogens is 226 g/mol. The smallest absolute Gasteiger partial charge is 0.325 e. The second kappa shape index (κ2) is 5.51. The summed E-state index contributed by atoms with van der Waals surface area (Å²) in [5.74, 6) is -3.47. The minimum absolute atomic E-state index is 0.318. The van der Waals surface area contributed by atoms with Crippen molar-refractivity contribution in [1.29, 1.82) is 2.86 Å². The largest absolute Gasteiger partial charge is 0.504 e. The highest BCUT2D eigenvalue weighted by Gasteiger charge is 2.25. The molecule has 1 rings (SSSR count). The van der Waals surface area contributed by atoms with E-state index in [1.165, 1.54) is 6.92 Å². The molecule has 0 heterocycles. The number of aliphatic hydroxyl groups is 1. The highest BCUT2D eigenvalue weighted by atomic mass is 16.5. The molecule has 5 N–H and O–H groups in total. The third-order valence-electron chi connectivity index (χ3n) is 1.68. The maximum Gasteiger partial charge on any atom is 0.325 e. The first-order valence-electron chi connectivity index (χ1n) is 8.72. The van der Waals surface area contributed by atoms with Crippen molar-refractivity contribution in [2.24, 2.45) is 5.72 Å². The summed E-state index contributed by atoms with van der Waals surface area (Å²) in [4.78, 5) is 12.0. The molecule has 2 atom stereocenters. The van der Waals surface area contributed by atoms with Crippen LogP contribution in [-0.2, 0) is 9.53 Å². The van der Waals surface area contributed by atoms with Gasteiger partial charge in [-0.2, -0.15) is 0 Å². The number of aromatic hydroxyl groups is 2. The number of carbonyl (C=O) groups excluding carboxylic acids is 1. The van der Waals surface area contributed by atoms with Crippen LogP contribution in [-0.4, -0.2) is 36.8 Å². The van der Waals surface area contributed by atoms with E-state index in [9.17, 15) is 9.90 Å². The first-order valence-corrected chi connectivity index (χ1v) is 4.51. The molecule has 0 radical (unpaired) electrons. The van der Waals surface area contributed by atoms with E-state index >= 15 is 0 Å². The lowest BCUT2D eigenvalue weighted by atomic mass is 10.0. The van der Waals surface area contributed by atoms with Crippen LogP contribution in [0.15, 0.2) is 18.1 Å². The second-order valence-corrected chi connectivity index (χ2v) is 2.83. The fourth-order valence-corrected chi connectivity index (χ4v) is 0.911. The standard InChI is InChI=1S/C11H15NO5/c1-2-17-11(16)9(12)10(15)6-3-4-7(13)8(14)5-6/h3-5,9-10,13-15H,2,12H2,1H3/t9-,10+/m0/s1/i3D,4D,5D,9D,10D/hD4. The molecule has 0 aromatic heterocycles. The average molecular weight is 250 g/mol. The molecule has 6 heteroatoms. The molecule has 0 amide bonds. The Bertz CT molecular complexity index is 701. The maximum absolute atomic E-state index is 12.0. The van der Waals surface area contributed by atoms with Gasteiger partial charge in [0.25, 0.3) is 2.86 Å². The predicted molar refractivity (Wildman–Crippen MR) is 59.3 cm³/mol. The molecule has 0 aliphatic heterocycles. The zero-order valence-electron chi connectivity index (χ0n) is 17.7. The van der Waals surface area contributed by atoms with Crippen LogP contribution in [0.4, 0.5) is 0 Å². The lowest BCUT2D eigenvalue weighted by molar-refractivity contribution is -0.147. The van der Waals surface area contributed by atoms with Gasteiger partial charge in [0.15, 0.2) is 11.5 Å². The van der Waals surface area contributed by atoms with Crippen LogP contribution in [0.25, 0.3) is 0 Å². The van der Waals surface area contributed by atoms with Gasteiger partial charge in [0.05, 0.1) is 13.5 Å². The van der Waals surface area contributed by atoms with Crippen LogP contribution in [0.1, 0.15) is 25.4 Å². The molecule has 6 nitrogen and oxygen atoms in total. The SMILES string of the molecule is [2H]Oc1c([2H])c([2H])c([C@@]([2H])(O)[C@@]([2H])(C(=O)OCC)N([2H])[2H])c([2H])c1O[2H]. The first-order chi connectivity index (χ1) is 11.9. The Morgan fingerprint density at radius 1 is 1.71 bits per heavy atom. The molecule has 1 aromatic carbocycles. The van der Waals surface area contributed by atoms with Crippen LogP contribution in [0.3, 0.4) is 0 Å². The highest BCUT2D eigenvalue weighted by molar-refractivity contribution is 5.76. The Morgan fingerprint density at radius 2 is 2.47 bits per heavy atom. The number of phenols is 2. The molecular formula is C11H15NO5.